The molecular weight excluding hydrogens is 146 g/mol. The zero-order valence-corrected chi connectivity index (χ0v) is 7.28. The Bertz CT molecular complexity index is 106. The van der Waals surface area contributed by atoms with Crippen LogP contribution >= 0.6 is 11.8 Å². The molecule has 3 heteroatoms. The molecule has 0 aromatic carbocycles. The summed E-state index contributed by atoms with van der Waals surface area (Å²) in [5.74, 6) is 0. The summed E-state index contributed by atoms with van der Waals surface area (Å²) in [4.78, 5) is 10.5. The second-order valence-electron chi connectivity index (χ2n) is 2.10. The fourth-order valence-corrected chi connectivity index (χ4v) is 1.19. The first-order valence-corrected chi connectivity index (χ1v) is 4.31. The van der Waals surface area contributed by atoms with E-state index in [-0.39, 0.29) is 10.5 Å². The van der Waals surface area contributed by atoms with Crippen LogP contribution in [0.5, 0.6) is 0 Å². The predicted octanol–water partition coefficient (Wildman–Crippen LogP) is 1.56. The number of rotatable bonds is 4. The minimum atomic E-state index is -0.113. The lowest BCUT2D eigenvalue weighted by Crippen LogP contribution is -2.17. The highest BCUT2D eigenvalue weighted by Crippen LogP contribution is 2.11. The molecular formula is C7H14NOS. The van der Waals surface area contributed by atoms with E-state index in [4.69, 9.17) is 5.73 Å². The maximum absolute atomic E-state index is 10.5. The average molecular weight is 160 g/mol. The van der Waals surface area contributed by atoms with Gasteiger partial charge in [0.25, 0.3) is 0 Å². The van der Waals surface area contributed by atoms with Gasteiger partial charge in [0.15, 0.2) is 5.12 Å². The monoisotopic (exact) mass is 160 g/mol. The molecule has 0 bridgehead atoms. The van der Waals surface area contributed by atoms with Crippen molar-refractivity contribution in [1.82, 2.24) is 0 Å². The van der Waals surface area contributed by atoms with Crippen molar-refractivity contribution in [2.24, 2.45) is 5.73 Å². The number of hydrogen-bond donors (Lipinski definition) is 1. The lowest BCUT2D eigenvalue weighted by Gasteiger charge is -2.05. The van der Waals surface area contributed by atoms with Crippen molar-refractivity contribution in [2.75, 3.05) is 0 Å². The standard InChI is InChI=1S/C7H14NOS/c1-3-4-5-7(8)10-6(2)9/h5,7H,3-4,8H2,1-2H3. The zero-order chi connectivity index (χ0) is 7.98. The molecule has 0 heterocycles. The Hall–Kier alpha value is -0.0200. The fraction of sp³-hybridized carbons (Fsp3) is 0.714. The van der Waals surface area contributed by atoms with Gasteiger partial charge in [0, 0.05) is 6.92 Å². The van der Waals surface area contributed by atoms with Crippen LogP contribution in [0.4, 0.5) is 0 Å². The van der Waals surface area contributed by atoms with E-state index < -0.39 is 0 Å². The van der Waals surface area contributed by atoms with Crippen molar-refractivity contribution in [2.45, 2.75) is 32.1 Å². The Kier molecular flexibility index (Phi) is 5.73. The van der Waals surface area contributed by atoms with Crippen molar-refractivity contribution in [3.63, 3.8) is 0 Å². The van der Waals surface area contributed by atoms with E-state index in [1.165, 1.54) is 18.7 Å². The minimum absolute atomic E-state index is 0.0832. The van der Waals surface area contributed by atoms with Gasteiger partial charge >= 0.3 is 0 Å². The minimum Gasteiger partial charge on any atom is -0.319 e. The molecule has 59 valence electrons. The van der Waals surface area contributed by atoms with Crippen LogP contribution in [0.15, 0.2) is 0 Å². The van der Waals surface area contributed by atoms with Crippen LogP contribution in [-0.4, -0.2) is 10.5 Å². The largest absolute Gasteiger partial charge is 0.319 e. The van der Waals surface area contributed by atoms with E-state index in [9.17, 15) is 4.79 Å². The summed E-state index contributed by atoms with van der Waals surface area (Å²) in [6, 6.07) is 0. The molecule has 0 aromatic rings. The van der Waals surface area contributed by atoms with Gasteiger partial charge in [-0.2, -0.15) is 0 Å². The number of carbonyl (C=O) groups excluding carboxylic acids is 1. The highest BCUT2D eigenvalue weighted by atomic mass is 32.2. The van der Waals surface area contributed by atoms with E-state index in [1.54, 1.807) is 0 Å². The normalized spacial score (nSPS) is 13.1. The van der Waals surface area contributed by atoms with Gasteiger partial charge in [-0.3, -0.25) is 4.79 Å². The molecule has 0 amide bonds. The summed E-state index contributed by atoms with van der Waals surface area (Å²) in [5, 5.41) is -0.0303. The molecule has 0 aromatic heterocycles. The maximum Gasteiger partial charge on any atom is 0.187 e. The average Bonchev–Trinajstić information content (AvgIpc) is 1.82. The molecule has 0 spiro atoms. The predicted molar refractivity (Wildman–Crippen MR) is 45.5 cm³/mol. The Morgan fingerprint density at radius 3 is 2.80 bits per heavy atom. The van der Waals surface area contributed by atoms with Gasteiger partial charge in [-0.15, -0.1) is 0 Å². The molecule has 1 atom stereocenters. The van der Waals surface area contributed by atoms with Crippen LogP contribution in [0.25, 0.3) is 0 Å². The molecule has 0 saturated carbocycles. The third-order valence-corrected chi connectivity index (χ3v) is 1.79. The number of thioether (sulfide) groups is 1. The summed E-state index contributed by atoms with van der Waals surface area (Å²) >= 11 is 1.18. The summed E-state index contributed by atoms with van der Waals surface area (Å²) in [6.45, 7) is 3.62. The van der Waals surface area contributed by atoms with Gasteiger partial charge in [0.05, 0.1) is 5.37 Å². The summed E-state index contributed by atoms with van der Waals surface area (Å²) in [5.41, 5.74) is 5.55. The Balaban J connectivity index is 3.25. The van der Waals surface area contributed by atoms with Crippen LogP contribution < -0.4 is 5.73 Å². The molecule has 10 heavy (non-hydrogen) atoms. The molecule has 1 unspecified atom stereocenters. The van der Waals surface area contributed by atoms with Crippen molar-refractivity contribution in [3.8, 4) is 0 Å². The molecule has 1 radical (unpaired) electrons. The van der Waals surface area contributed by atoms with Crippen LogP contribution in [0.2, 0.25) is 0 Å². The Labute approximate surface area is 66.6 Å². The summed E-state index contributed by atoms with van der Waals surface area (Å²) in [7, 11) is 0. The Morgan fingerprint density at radius 2 is 2.40 bits per heavy atom. The smallest absolute Gasteiger partial charge is 0.187 e. The molecule has 0 rings (SSSR count). The molecule has 0 aliphatic heterocycles. The van der Waals surface area contributed by atoms with Crippen LogP contribution in [0.1, 0.15) is 26.7 Å². The van der Waals surface area contributed by atoms with Crippen molar-refractivity contribution >= 4 is 16.9 Å². The number of hydrogen-bond acceptors (Lipinski definition) is 3. The first-order valence-electron chi connectivity index (χ1n) is 3.43. The highest BCUT2D eigenvalue weighted by Gasteiger charge is 2.04. The molecule has 0 aliphatic rings. The second-order valence-corrected chi connectivity index (χ2v) is 3.45. The quantitative estimate of drug-likeness (QED) is 0.635. The molecule has 2 nitrogen and oxygen atoms in total. The fourth-order valence-electron chi connectivity index (χ4n) is 0.571. The zero-order valence-electron chi connectivity index (χ0n) is 6.46. The molecule has 0 saturated heterocycles. The van der Waals surface area contributed by atoms with Gasteiger partial charge in [-0.1, -0.05) is 25.1 Å². The van der Waals surface area contributed by atoms with Crippen LogP contribution in [0.3, 0.4) is 0 Å². The van der Waals surface area contributed by atoms with E-state index in [0.717, 1.165) is 12.8 Å². The van der Waals surface area contributed by atoms with E-state index in [2.05, 4.69) is 6.92 Å². The Morgan fingerprint density at radius 1 is 1.80 bits per heavy atom. The van der Waals surface area contributed by atoms with Crippen LogP contribution in [-0.2, 0) is 4.79 Å². The van der Waals surface area contributed by atoms with Gasteiger partial charge in [0.1, 0.15) is 0 Å². The molecule has 2 N–H and O–H groups in total. The second kappa shape index (κ2) is 5.74. The first kappa shape index (κ1) is 9.98. The van der Waals surface area contributed by atoms with Crippen molar-refractivity contribution < 1.29 is 4.79 Å². The van der Waals surface area contributed by atoms with Gasteiger partial charge in [-0.25, -0.2) is 0 Å². The summed E-state index contributed by atoms with van der Waals surface area (Å²) < 4.78 is 0. The third-order valence-electron chi connectivity index (χ3n) is 0.990. The van der Waals surface area contributed by atoms with Crippen molar-refractivity contribution in [3.05, 3.63) is 6.42 Å². The van der Waals surface area contributed by atoms with E-state index >= 15 is 0 Å². The van der Waals surface area contributed by atoms with Crippen molar-refractivity contribution in [1.29, 1.82) is 0 Å². The summed E-state index contributed by atoms with van der Waals surface area (Å²) in [6.07, 6.45) is 4.04. The van der Waals surface area contributed by atoms with Gasteiger partial charge < -0.3 is 5.73 Å². The van der Waals surface area contributed by atoms with E-state index in [0.29, 0.717) is 0 Å². The highest BCUT2D eigenvalue weighted by molar-refractivity contribution is 8.14. The molecule has 0 fully saturated rings. The first-order chi connectivity index (χ1) is 4.66. The topological polar surface area (TPSA) is 43.1 Å². The number of unbranched alkanes of at least 4 members (excludes halogenated alkanes) is 1. The third kappa shape index (κ3) is 6.11. The molecule has 0 aliphatic carbocycles. The van der Waals surface area contributed by atoms with Gasteiger partial charge in [0.2, 0.25) is 0 Å². The van der Waals surface area contributed by atoms with Gasteiger partial charge in [-0.05, 0) is 12.8 Å². The van der Waals surface area contributed by atoms with Crippen LogP contribution in [0, 0.1) is 6.42 Å². The lowest BCUT2D eigenvalue weighted by atomic mass is 10.2. The van der Waals surface area contributed by atoms with E-state index in [1.807, 2.05) is 6.42 Å². The number of carbonyl (C=O) groups is 1. The SMILES string of the molecule is CCC[CH]C(N)SC(C)=O. The number of nitrogens with two attached hydrogens (primary N) is 1. The lowest BCUT2D eigenvalue weighted by molar-refractivity contribution is -0.109. The maximum atomic E-state index is 10.5.